The predicted molar refractivity (Wildman–Crippen MR) is 231 cm³/mol. The molecule has 8 rings (SSSR count). The first kappa shape index (κ1) is 40.8. The number of nitrogens with zero attached hydrogens (tertiary/aromatic N) is 6. The minimum Gasteiger partial charge on any atom is -0.371 e. The Hall–Kier alpha value is -5.94. The SMILES string of the molecule is CCCS(=O)(=O)Nc1cccc(-c2nc(-c3ccc(N4CCN(C(=O)C5CCN(c6ccc([C@H]7CCC(=O)NC7=O)cc6)CC5)CC4)cc3)sc2-c2ccnc(N)n2)c1F. The monoisotopic (exact) mass is 851 g/mol. The number of hydrogen-bond donors (Lipinski definition) is 3. The molecular weight excluding hydrogens is 806 g/mol. The van der Waals surface area contributed by atoms with Crippen molar-refractivity contribution in [1.82, 2.24) is 25.2 Å². The first-order valence-corrected chi connectivity index (χ1v) is 22.6. The number of piperazine rings is 1. The number of piperidine rings is 2. The van der Waals surface area contributed by atoms with Crippen molar-refractivity contribution in [2.75, 3.05) is 65.3 Å². The number of aromatic nitrogens is 3. The van der Waals surface area contributed by atoms with E-state index >= 15 is 4.39 Å². The lowest BCUT2D eigenvalue weighted by molar-refractivity contribution is -0.136. The van der Waals surface area contributed by atoms with Crippen LogP contribution in [0, 0.1) is 11.7 Å². The van der Waals surface area contributed by atoms with E-state index in [9.17, 15) is 22.8 Å². The van der Waals surface area contributed by atoms with Gasteiger partial charge in [0.2, 0.25) is 33.7 Å². The van der Waals surface area contributed by atoms with Crippen LogP contribution >= 0.6 is 11.3 Å². The zero-order chi connectivity index (χ0) is 42.0. The Morgan fingerprint density at radius 3 is 2.25 bits per heavy atom. The minimum absolute atomic E-state index is 0.0250. The van der Waals surface area contributed by atoms with Gasteiger partial charge in [0.15, 0.2) is 5.82 Å². The van der Waals surface area contributed by atoms with Crippen LogP contribution in [0.4, 0.5) is 27.4 Å². The Bertz CT molecular complexity index is 2500. The van der Waals surface area contributed by atoms with E-state index in [1.165, 1.54) is 23.6 Å². The van der Waals surface area contributed by atoms with Gasteiger partial charge >= 0.3 is 0 Å². The van der Waals surface area contributed by atoms with E-state index in [4.69, 9.17) is 10.7 Å². The molecule has 3 aliphatic heterocycles. The Kier molecular flexibility index (Phi) is 11.8. The number of sulfonamides is 1. The lowest BCUT2D eigenvalue weighted by atomic mass is 9.90. The first-order valence-electron chi connectivity index (χ1n) is 20.2. The summed E-state index contributed by atoms with van der Waals surface area (Å²) < 4.78 is 43.4. The number of halogens is 1. The van der Waals surface area contributed by atoms with Crippen molar-refractivity contribution in [3.63, 3.8) is 0 Å². The highest BCUT2D eigenvalue weighted by Gasteiger charge is 2.32. The summed E-state index contributed by atoms with van der Waals surface area (Å²) in [5.74, 6) is -1.41. The van der Waals surface area contributed by atoms with Crippen LogP contribution in [0.1, 0.15) is 50.5 Å². The zero-order valence-electron chi connectivity index (χ0n) is 33.1. The molecule has 17 heteroatoms. The number of thiazole rings is 1. The van der Waals surface area contributed by atoms with Crippen molar-refractivity contribution in [1.29, 1.82) is 0 Å². The molecule has 14 nitrogen and oxygen atoms in total. The standard InChI is InChI=1S/C43H46FN9O5S2/c1-2-26-60(57,58)50-34-5-3-4-33(37(34)44)38-39(35-16-19-46-43(45)47-35)59-41(49-38)28-8-12-31(13-9-28)52-22-24-53(25-23-52)42(56)29-17-20-51(21-18-29)30-10-6-27(7-11-30)32-14-15-36(54)48-40(32)55/h3-13,16,19,29,32,50H,2,14-15,17-18,20-26H2,1H3,(H2,45,46,47)(H,48,54,55)/t32-/m1/s1. The molecule has 2 aromatic heterocycles. The molecule has 4 N–H and O–H groups in total. The van der Waals surface area contributed by atoms with E-state index in [2.05, 4.69) is 29.8 Å². The molecule has 0 saturated carbocycles. The van der Waals surface area contributed by atoms with E-state index in [-0.39, 0.29) is 52.5 Å². The van der Waals surface area contributed by atoms with Gasteiger partial charge in [-0.1, -0.05) is 25.1 Å². The summed E-state index contributed by atoms with van der Waals surface area (Å²) in [5.41, 5.74) is 10.5. The van der Waals surface area contributed by atoms with Gasteiger partial charge in [-0.05, 0) is 85.8 Å². The third-order valence-electron chi connectivity index (χ3n) is 11.3. The molecule has 0 unspecified atom stereocenters. The molecule has 1 atom stereocenters. The molecule has 0 radical (unpaired) electrons. The average molecular weight is 852 g/mol. The quantitative estimate of drug-likeness (QED) is 0.135. The number of carbonyl (C=O) groups excluding carboxylic acids is 3. The van der Waals surface area contributed by atoms with Gasteiger partial charge in [-0.15, -0.1) is 11.3 Å². The molecule has 3 fully saturated rings. The van der Waals surface area contributed by atoms with Gasteiger partial charge in [-0.3, -0.25) is 24.4 Å². The second-order valence-corrected chi connectivity index (χ2v) is 18.1. The van der Waals surface area contributed by atoms with Crippen molar-refractivity contribution in [3.05, 3.63) is 90.4 Å². The largest absolute Gasteiger partial charge is 0.371 e. The summed E-state index contributed by atoms with van der Waals surface area (Å²) >= 11 is 1.32. The molecule has 5 aromatic rings. The van der Waals surface area contributed by atoms with Crippen LogP contribution in [0.15, 0.2) is 79.0 Å². The Balaban J connectivity index is 0.898. The first-order chi connectivity index (χ1) is 29.0. The summed E-state index contributed by atoms with van der Waals surface area (Å²) in [6.07, 6.45) is 4.33. The number of nitrogen functional groups attached to an aromatic ring is 1. The molecule has 60 heavy (non-hydrogen) atoms. The second kappa shape index (κ2) is 17.3. The lowest BCUT2D eigenvalue weighted by Gasteiger charge is -2.39. The highest BCUT2D eigenvalue weighted by atomic mass is 32.2. The van der Waals surface area contributed by atoms with Gasteiger partial charge in [-0.25, -0.2) is 27.8 Å². The molecule has 3 aliphatic rings. The molecule has 0 bridgehead atoms. The topological polar surface area (TPSA) is 184 Å². The number of amides is 3. The summed E-state index contributed by atoms with van der Waals surface area (Å²) in [5, 5.41) is 3.05. The Labute approximate surface area is 352 Å². The van der Waals surface area contributed by atoms with Crippen LogP contribution in [0.25, 0.3) is 32.4 Å². The fourth-order valence-electron chi connectivity index (χ4n) is 8.15. The lowest BCUT2D eigenvalue weighted by Crippen LogP contribution is -2.51. The predicted octanol–water partition coefficient (Wildman–Crippen LogP) is 5.89. The van der Waals surface area contributed by atoms with Gasteiger partial charge in [-0.2, -0.15) is 0 Å². The minimum atomic E-state index is -3.74. The number of nitrogens with one attached hydrogen (secondary N) is 2. The summed E-state index contributed by atoms with van der Waals surface area (Å²) in [6.45, 7) is 5.94. The van der Waals surface area contributed by atoms with Crippen molar-refractivity contribution < 1.29 is 27.2 Å². The van der Waals surface area contributed by atoms with Crippen molar-refractivity contribution in [2.45, 2.75) is 44.9 Å². The van der Waals surface area contributed by atoms with E-state index in [0.717, 1.165) is 48.4 Å². The zero-order valence-corrected chi connectivity index (χ0v) is 34.8. The molecule has 0 aliphatic carbocycles. The normalized spacial score (nSPS) is 17.8. The maximum atomic E-state index is 16.0. The molecule has 5 heterocycles. The fraction of sp³-hybridized carbons (Fsp3) is 0.349. The Morgan fingerprint density at radius 1 is 0.900 bits per heavy atom. The van der Waals surface area contributed by atoms with Gasteiger partial charge in [0.05, 0.1) is 33.6 Å². The van der Waals surface area contributed by atoms with Gasteiger partial charge < -0.3 is 20.4 Å². The number of anilines is 4. The molecule has 0 spiro atoms. The molecular formula is C43H46FN9O5S2. The summed E-state index contributed by atoms with van der Waals surface area (Å²) in [4.78, 5) is 57.9. The molecule has 3 aromatic carbocycles. The number of benzene rings is 3. The van der Waals surface area contributed by atoms with Crippen molar-refractivity contribution in [2.24, 2.45) is 5.92 Å². The fourth-order valence-corrected chi connectivity index (χ4v) is 10.3. The molecule has 3 amide bonds. The van der Waals surface area contributed by atoms with E-state index in [1.54, 1.807) is 25.1 Å². The van der Waals surface area contributed by atoms with Crippen molar-refractivity contribution in [3.8, 4) is 32.4 Å². The second-order valence-electron chi connectivity index (χ2n) is 15.3. The van der Waals surface area contributed by atoms with Crippen molar-refractivity contribution >= 4 is 62.1 Å². The molecule has 312 valence electrons. The number of carbonyl (C=O) groups is 3. The Morgan fingerprint density at radius 2 is 1.58 bits per heavy atom. The van der Waals surface area contributed by atoms with E-state index in [0.29, 0.717) is 66.7 Å². The summed E-state index contributed by atoms with van der Waals surface area (Å²) in [7, 11) is -3.74. The van der Waals surface area contributed by atoms with Crippen LogP contribution in [0.5, 0.6) is 0 Å². The van der Waals surface area contributed by atoms with Gasteiger partial charge in [0, 0.05) is 80.3 Å². The van der Waals surface area contributed by atoms with Crippen LogP contribution in [-0.2, 0) is 24.4 Å². The number of nitrogens with two attached hydrogens (primary N) is 1. The van der Waals surface area contributed by atoms with Gasteiger partial charge in [0.25, 0.3) is 0 Å². The van der Waals surface area contributed by atoms with Crippen LogP contribution in [0.2, 0.25) is 0 Å². The molecule has 3 saturated heterocycles. The van der Waals surface area contributed by atoms with Crippen LogP contribution in [-0.4, -0.2) is 91.0 Å². The third-order valence-corrected chi connectivity index (χ3v) is 13.9. The smallest absolute Gasteiger partial charge is 0.234 e. The number of rotatable bonds is 11. The third kappa shape index (κ3) is 8.82. The van der Waals surface area contributed by atoms with Gasteiger partial charge in [0.1, 0.15) is 5.01 Å². The average Bonchev–Trinajstić information content (AvgIpc) is 3.70. The number of imide groups is 1. The summed E-state index contributed by atoms with van der Waals surface area (Å²) in [6, 6.07) is 22.2. The highest BCUT2D eigenvalue weighted by Crippen LogP contribution is 2.42. The number of hydrogen-bond acceptors (Lipinski definition) is 12. The highest BCUT2D eigenvalue weighted by molar-refractivity contribution is 7.92. The maximum absolute atomic E-state index is 16.0. The maximum Gasteiger partial charge on any atom is 0.234 e. The van der Waals surface area contributed by atoms with E-state index < -0.39 is 15.8 Å². The van der Waals surface area contributed by atoms with Crippen LogP contribution < -0.4 is 25.6 Å². The van der Waals surface area contributed by atoms with Crippen LogP contribution in [0.3, 0.4) is 0 Å². The van der Waals surface area contributed by atoms with E-state index in [1.807, 2.05) is 53.4 Å².